The number of aldehydes is 1. The molecular weight excluding hydrogens is 247 g/mol. The molecule has 1 rings (SSSR count). The van der Waals surface area contributed by atoms with Crippen molar-refractivity contribution in [2.24, 2.45) is 0 Å². The molecular formula is C12H12Cl2O2. The topological polar surface area (TPSA) is 26.3 Å². The molecule has 0 aromatic heterocycles. The Kier molecular flexibility index (Phi) is 4.84. The van der Waals surface area contributed by atoms with Crippen LogP contribution in [0.15, 0.2) is 22.7 Å². The zero-order valence-corrected chi connectivity index (χ0v) is 10.6. The average Bonchev–Trinajstić information content (AvgIpc) is 2.27. The van der Waals surface area contributed by atoms with E-state index >= 15 is 0 Å². The fraction of sp³-hybridized carbons (Fsp3) is 0.250. The van der Waals surface area contributed by atoms with Gasteiger partial charge in [-0.3, -0.25) is 4.79 Å². The number of aryl methyl sites for hydroxylation is 2. The molecule has 2 nitrogen and oxygen atoms in total. The molecule has 1 aromatic carbocycles. The maximum absolute atomic E-state index is 10.6. The van der Waals surface area contributed by atoms with E-state index in [-0.39, 0.29) is 6.61 Å². The van der Waals surface area contributed by atoms with Crippen molar-refractivity contribution in [1.82, 2.24) is 0 Å². The van der Waals surface area contributed by atoms with E-state index < -0.39 is 0 Å². The number of benzene rings is 1. The first-order valence-electron chi connectivity index (χ1n) is 4.72. The summed E-state index contributed by atoms with van der Waals surface area (Å²) in [5, 5.41) is 0.430. The Hall–Kier alpha value is -0.990. The van der Waals surface area contributed by atoms with E-state index in [0.29, 0.717) is 10.6 Å². The molecule has 0 heterocycles. The molecule has 16 heavy (non-hydrogen) atoms. The standard InChI is InChI=1S/C12H12Cl2O2/c1-8-3-10(6-15)4-9(2)12(8)16-7-11(14)5-13/h3-6H,7H2,1-2H3. The van der Waals surface area contributed by atoms with Crippen LogP contribution in [-0.4, -0.2) is 12.9 Å². The summed E-state index contributed by atoms with van der Waals surface area (Å²) >= 11 is 11.2. The van der Waals surface area contributed by atoms with Gasteiger partial charge in [-0.1, -0.05) is 23.2 Å². The summed E-state index contributed by atoms with van der Waals surface area (Å²) in [6, 6.07) is 3.54. The van der Waals surface area contributed by atoms with Gasteiger partial charge in [0.25, 0.3) is 0 Å². The van der Waals surface area contributed by atoms with E-state index in [2.05, 4.69) is 0 Å². The molecule has 0 amide bonds. The van der Waals surface area contributed by atoms with Crippen molar-refractivity contribution in [2.75, 3.05) is 6.61 Å². The fourth-order valence-corrected chi connectivity index (χ4v) is 1.57. The maximum Gasteiger partial charge on any atom is 0.150 e. The smallest absolute Gasteiger partial charge is 0.150 e. The van der Waals surface area contributed by atoms with E-state index in [9.17, 15) is 4.79 Å². The third-order valence-electron chi connectivity index (χ3n) is 2.09. The van der Waals surface area contributed by atoms with Gasteiger partial charge in [-0.15, -0.1) is 0 Å². The first kappa shape index (κ1) is 13.1. The van der Waals surface area contributed by atoms with Gasteiger partial charge < -0.3 is 4.74 Å². The molecule has 0 bridgehead atoms. The van der Waals surface area contributed by atoms with Crippen molar-refractivity contribution in [3.8, 4) is 5.75 Å². The number of hydrogen-bond donors (Lipinski definition) is 0. The van der Waals surface area contributed by atoms with Gasteiger partial charge in [0, 0.05) is 11.1 Å². The summed E-state index contributed by atoms with van der Waals surface area (Å²) in [7, 11) is 0. The fourth-order valence-electron chi connectivity index (χ4n) is 1.45. The van der Waals surface area contributed by atoms with Crippen molar-refractivity contribution in [3.63, 3.8) is 0 Å². The second-order valence-corrected chi connectivity index (χ2v) is 4.15. The third-order valence-corrected chi connectivity index (χ3v) is 2.68. The highest BCUT2D eigenvalue weighted by atomic mass is 35.5. The minimum absolute atomic E-state index is 0.229. The van der Waals surface area contributed by atoms with Crippen LogP contribution in [0.1, 0.15) is 21.5 Å². The van der Waals surface area contributed by atoms with E-state index in [1.54, 1.807) is 12.1 Å². The summed E-state index contributed by atoms with van der Waals surface area (Å²) in [6.45, 7) is 3.99. The van der Waals surface area contributed by atoms with Gasteiger partial charge in [0.2, 0.25) is 0 Å². The second-order valence-electron chi connectivity index (χ2n) is 3.45. The minimum atomic E-state index is 0.229. The second kappa shape index (κ2) is 5.92. The van der Waals surface area contributed by atoms with Crippen LogP contribution >= 0.6 is 23.2 Å². The highest BCUT2D eigenvalue weighted by Gasteiger charge is 2.06. The summed E-state index contributed by atoms with van der Waals surface area (Å²) in [5.41, 5.74) is 3.72. The predicted molar refractivity (Wildman–Crippen MR) is 66.6 cm³/mol. The Bertz CT molecular complexity index is 402. The zero-order valence-electron chi connectivity index (χ0n) is 9.09. The Morgan fingerprint density at radius 1 is 1.38 bits per heavy atom. The van der Waals surface area contributed by atoms with Crippen LogP contribution in [0, 0.1) is 13.8 Å². The van der Waals surface area contributed by atoms with Gasteiger partial charge in [0.05, 0.1) is 5.03 Å². The van der Waals surface area contributed by atoms with Crippen molar-refractivity contribution >= 4 is 29.5 Å². The first-order chi connectivity index (χ1) is 7.58. The molecule has 4 heteroatoms. The van der Waals surface area contributed by atoms with E-state index in [1.165, 1.54) is 5.54 Å². The molecule has 0 aliphatic rings. The molecule has 0 radical (unpaired) electrons. The number of carbonyl (C=O) groups is 1. The van der Waals surface area contributed by atoms with Gasteiger partial charge in [-0.05, 0) is 37.1 Å². The molecule has 0 fully saturated rings. The van der Waals surface area contributed by atoms with Crippen LogP contribution in [0.3, 0.4) is 0 Å². The van der Waals surface area contributed by atoms with Gasteiger partial charge in [-0.25, -0.2) is 0 Å². The Morgan fingerprint density at radius 3 is 2.38 bits per heavy atom. The lowest BCUT2D eigenvalue weighted by atomic mass is 10.1. The minimum Gasteiger partial charge on any atom is -0.487 e. The van der Waals surface area contributed by atoms with Crippen molar-refractivity contribution in [3.05, 3.63) is 39.4 Å². The van der Waals surface area contributed by atoms with Gasteiger partial charge >= 0.3 is 0 Å². The summed E-state index contributed by atoms with van der Waals surface area (Å²) in [5.74, 6) is 0.738. The Morgan fingerprint density at radius 2 is 1.94 bits per heavy atom. The SMILES string of the molecule is Cc1cc(C=O)cc(C)c1OCC(Cl)=CCl. The molecule has 0 aliphatic heterocycles. The number of carbonyl (C=O) groups excluding carboxylic acids is 1. The summed E-state index contributed by atoms with van der Waals surface area (Å²) in [6.07, 6.45) is 0.815. The molecule has 0 saturated carbocycles. The van der Waals surface area contributed by atoms with Crippen LogP contribution in [0.25, 0.3) is 0 Å². The molecule has 0 aliphatic carbocycles. The number of hydrogen-bond acceptors (Lipinski definition) is 2. The van der Waals surface area contributed by atoms with Crippen LogP contribution < -0.4 is 4.74 Å². The lowest BCUT2D eigenvalue weighted by Crippen LogP contribution is -2.01. The van der Waals surface area contributed by atoms with Crippen molar-refractivity contribution in [2.45, 2.75) is 13.8 Å². The molecule has 0 N–H and O–H groups in total. The largest absolute Gasteiger partial charge is 0.487 e. The van der Waals surface area contributed by atoms with Crippen LogP contribution in [0.5, 0.6) is 5.75 Å². The normalized spacial score (nSPS) is 11.4. The quantitative estimate of drug-likeness (QED) is 0.768. The van der Waals surface area contributed by atoms with Gasteiger partial charge in [0.15, 0.2) is 0 Å². The first-order valence-corrected chi connectivity index (χ1v) is 5.54. The monoisotopic (exact) mass is 258 g/mol. The Labute approximate surface area is 105 Å². The van der Waals surface area contributed by atoms with Crippen molar-refractivity contribution in [1.29, 1.82) is 0 Å². The lowest BCUT2D eigenvalue weighted by Gasteiger charge is -2.12. The van der Waals surface area contributed by atoms with Crippen LogP contribution in [0.2, 0.25) is 0 Å². The van der Waals surface area contributed by atoms with E-state index in [4.69, 9.17) is 27.9 Å². The molecule has 86 valence electrons. The van der Waals surface area contributed by atoms with E-state index in [0.717, 1.165) is 23.2 Å². The predicted octanol–water partition coefficient (Wildman–Crippen LogP) is 3.81. The molecule has 0 unspecified atom stereocenters. The number of ether oxygens (including phenoxy) is 1. The molecule has 0 saturated heterocycles. The number of rotatable bonds is 4. The number of halogens is 2. The third kappa shape index (κ3) is 3.26. The summed E-state index contributed by atoms with van der Waals surface area (Å²) < 4.78 is 5.52. The lowest BCUT2D eigenvalue weighted by molar-refractivity contribution is 0.112. The van der Waals surface area contributed by atoms with Gasteiger partial charge in [-0.2, -0.15) is 0 Å². The van der Waals surface area contributed by atoms with Crippen LogP contribution in [-0.2, 0) is 0 Å². The van der Waals surface area contributed by atoms with Crippen molar-refractivity contribution < 1.29 is 9.53 Å². The highest BCUT2D eigenvalue weighted by molar-refractivity contribution is 6.36. The highest BCUT2D eigenvalue weighted by Crippen LogP contribution is 2.25. The molecule has 0 atom stereocenters. The molecule has 1 aromatic rings. The summed E-state index contributed by atoms with van der Waals surface area (Å²) in [4.78, 5) is 10.6. The maximum atomic E-state index is 10.6. The Balaban J connectivity index is 2.92. The molecule has 0 spiro atoms. The van der Waals surface area contributed by atoms with E-state index in [1.807, 2.05) is 13.8 Å². The average molecular weight is 259 g/mol. The van der Waals surface area contributed by atoms with Gasteiger partial charge in [0.1, 0.15) is 18.6 Å². The van der Waals surface area contributed by atoms with Crippen LogP contribution in [0.4, 0.5) is 0 Å². The zero-order chi connectivity index (χ0) is 12.1.